The molecule has 0 aromatic heterocycles. The predicted octanol–water partition coefficient (Wildman–Crippen LogP) is 4.19. The van der Waals surface area contributed by atoms with E-state index in [2.05, 4.69) is 29.5 Å². The number of hydrogen-bond donors (Lipinski definition) is 0. The fourth-order valence-corrected chi connectivity index (χ4v) is 1.55. The molecule has 0 amide bonds. The van der Waals surface area contributed by atoms with Crippen LogP contribution >= 0.6 is 22.6 Å². The molecule has 0 aromatic carbocycles. The molecule has 0 aliphatic carbocycles. The second-order valence-electron chi connectivity index (χ2n) is 3.42. The van der Waals surface area contributed by atoms with Crippen LogP contribution in [0.15, 0.2) is 0 Å². The molecule has 80 valence electrons. The summed E-state index contributed by atoms with van der Waals surface area (Å²) in [6.07, 6.45) is 9.35. The summed E-state index contributed by atoms with van der Waals surface area (Å²) in [6, 6.07) is 0. The maximum atomic E-state index is 5.48. The molecule has 0 aliphatic heterocycles. The molecule has 2 heteroatoms. The average molecular weight is 298 g/mol. The monoisotopic (exact) mass is 298 g/mol. The van der Waals surface area contributed by atoms with Crippen LogP contribution in [0, 0.1) is 0 Å². The topological polar surface area (TPSA) is 9.23 Å². The third-order valence-corrected chi connectivity index (χ3v) is 2.83. The fraction of sp³-hybridized carbons (Fsp3) is 1.00. The number of unbranched alkanes of at least 4 members (excludes halogenated alkanes) is 5. The van der Waals surface area contributed by atoms with Gasteiger partial charge in [-0.25, -0.2) is 0 Å². The second kappa shape index (κ2) is 12.7. The molecule has 0 unspecified atom stereocenters. The van der Waals surface area contributed by atoms with Gasteiger partial charge in [0, 0.05) is 17.6 Å². The average Bonchev–Trinajstić information content (AvgIpc) is 2.16. The molecular weight excluding hydrogens is 275 g/mol. The Morgan fingerprint density at radius 3 is 2.15 bits per heavy atom. The van der Waals surface area contributed by atoms with Gasteiger partial charge in [0.2, 0.25) is 0 Å². The van der Waals surface area contributed by atoms with Gasteiger partial charge in [0.15, 0.2) is 0 Å². The van der Waals surface area contributed by atoms with Gasteiger partial charge in [-0.05, 0) is 12.8 Å². The van der Waals surface area contributed by atoms with Crippen LogP contribution in [0.3, 0.4) is 0 Å². The standard InChI is InChI=1S/C11H23IO/c1-2-3-4-5-6-7-10-13-11-8-9-12/h2-11H2,1H3. The summed E-state index contributed by atoms with van der Waals surface area (Å²) in [6.45, 7) is 4.19. The van der Waals surface area contributed by atoms with Crippen molar-refractivity contribution in [1.82, 2.24) is 0 Å². The van der Waals surface area contributed by atoms with Crippen LogP contribution in [0.4, 0.5) is 0 Å². The Hall–Kier alpha value is 0.690. The highest BCUT2D eigenvalue weighted by molar-refractivity contribution is 14.1. The lowest BCUT2D eigenvalue weighted by atomic mass is 10.1. The molecule has 0 saturated heterocycles. The van der Waals surface area contributed by atoms with E-state index in [1.807, 2.05) is 0 Å². The normalized spacial score (nSPS) is 10.6. The van der Waals surface area contributed by atoms with Gasteiger partial charge in [-0.2, -0.15) is 0 Å². The Balaban J connectivity index is 2.76. The largest absolute Gasteiger partial charge is 0.381 e. The van der Waals surface area contributed by atoms with Crippen molar-refractivity contribution in [2.24, 2.45) is 0 Å². The van der Waals surface area contributed by atoms with Gasteiger partial charge in [0.05, 0.1) is 0 Å². The number of hydrogen-bond acceptors (Lipinski definition) is 1. The summed E-state index contributed by atoms with van der Waals surface area (Å²) in [5.41, 5.74) is 0. The van der Waals surface area contributed by atoms with Crippen molar-refractivity contribution in [2.75, 3.05) is 17.6 Å². The van der Waals surface area contributed by atoms with Crippen LogP contribution in [0.5, 0.6) is 0 Å². The number of halogens is 1. The predicted molar refractivity (Wildman–Crippen MR) is 67.7 cm³/mol. The van der Waals surface area contributed by atoms with Crippen molar-refractivity contribution in [2.45, 2.75) is 51.9 Å². The van der Waals surface area contributed by atoms with E-state index in [-0.39, 0.29) is 0 Å². The number of rotatable bonds is 10. The lowest BCUT2D eigenvalue weighted by Crippen LogP contribution is -1.97. The van der Waals surface area contributed by atoms with Crippen LogP contribution in [-0.4, -0.2) is 17.6 Å². The lowest BCUT2D eigenvalue weighted by Gasteiger charge is -2.02. The van der Waals surface area contributed by atoms with Crippen LogP contribution in [-0.2, 0) is 4.74 Å². The minimum atomic E-state index is 0.956. The van der Waals surface area contributed by atoms with Crippen LogP contribution in [0.25, 0.3) is 0 Å². The molecule has 0 bridgehead atoms. The Morgan fingerprint density at radius 1 is 0.846 bits per heavy atom. The van der Waals surface area contributed by atoms with Gasteiger partial charge in [0.1, 0.15) is 0 Å². The van der Waals surface area contributed by atoms with Crippen molar-refractivity contribution in [1.29, 1.82) is 0 Å². The number of alkyl halides is 1. The Morgan fingerprint density at radius 2 is 1.46 bits per heavy atom. The van der Waals surface area contributed by atoms with E-state index < -0.39 is 0 Å². The SMILES string of the molecule is CCCCCCCCOCCCI. The van der Waals surface area contributed by atoms with Gasteiger partial charge in [0.25, 0.3) is 0 Å². The maximum Gasteiger partial charge on any atom is 0.0473 e. The molecule has 0 saturated carbocycles. The number of ether oxygens (including phenoxy) is 1. The molecular formula is C11H23IO. The molecule has 0 aromatic rings. The van der Waals surface area contributed by atoms with Crippen LogP contribution in [0.2, 0.25) is 0 Å². The first kappa shape index (κ1) is 13.7. The van der Waals surface area contributed by atoms with Gasteiger partial charge in [-0.3, -0.25) is 0 Å². The highest BCUT2D eigenvalue weighted by atomic mass is 127. The molecule has 0 radical (unpaired) electrons. The molecule has 0 atom stereocenters. The zero-order valence-corrected chi connectivity index (χ0v) is 11.0. The van der Waals surface area contributed by atoms with Crippen molar-refractivity contribution in [3.05, 3.63) is 0 Å². The van der Waals surface area contributed by atoms with Crippen LogP contribution in [0.1, 0.15) is 51.9 Å². The molecule has 0 N–H and O–H groups in total. The lowest BCUT2D eigenvalue weighted by molar-refractivity contribution is 0.131. The molecule has 0 heterocycles. The maximum absolute atomic E-state index is 5.48. The highest BCUT2D eigenvalue weighted by Crippen LogP contribution is 2.04. The molecule has 13 heavy (non-hydrogen) atoms. The quantitative estimate of drug-likeness (QED) is 0.334. The van der Waals surface area contributed by atoms with Crippen molar-refractivity contribution in [3.63, 3.8) is 0 Å². The van der Waals surface area contributed by atoms with E-state index in [9.17, 15) is 0 Å². The smallest absolute Gasteiger partial charge is 0.0473 e. The summed E-state index contributed by atoms with van der Waals surface area (Å²) in [7, 11) is 0. The Kier molecular flexibility index (Phi) is 13.4. The zero-order valence-electron chi connectivity index (χ0n) is 8.86. The first-order valence-corrected chi connectivity index (χ1v) is 7.08. The fourth-order valence-electron chi connectivity index (χ4n) is 1.24. The van der Waals surface area contributed by atoms with Gasteiger partial charge in [-0.15, -0.1) is 0 Å². The Labute approximate surface area is 96.8 Å². The minimum Gasteiger partial charge on any atom is -0.381 e. The Bertz CT molecular complexity index is 76.2. The van der Waals surface area contributed by atoms with Gasteiger partial charge in [-0.1, -0.05) is 61.6 Å². The third-order valence-electron chi connectivity index (χ3n) is 2.06. The summed E-state index contributed by atoms with van der Waals surface area (Å²) in [4.78, 5) is 0. The molecule has 1 nitrogen and oxygen atoms in total. The minimum absolute atomic E-state index is 0.956. The summed E-state index contributed by atoms with van der Waals surface area (Å²) < 4.78 is 6.69. The molecule has 0 spiro atoms. The van der Waals surface area contributed by atoms with Crippen molar-refractivity contribution >= 4 is 22.6 Å². The third kappa shape index (κ3) is 12.7. The van der Waals surface area contributed by atoms with Crippen molar-refractivity contribution < 1.29 is 4.74 Å². The van der Waals surface area contributed by atoms with Gasteiger partial charge >= 0.3 is 0 Å². The van der Waals surface area contributed by atoms with E-state index >= 15 is 0 Å². The molecule has 0 aliphatic rings. The van der Waals surface area contributed by atoms with Crippen molar-refractivity contribution in [3.8, 4) is 0 Å². The van der Waals surface area contributed by atoms with E-state index in [0.29, 0.717) is 0 Å². The first-order chi connectivity index (χ1) is 6.41. The molecule has 0 fully saturated rings. The molecule has 0 rings (SSSR count). The summed E-state index contributed by atoms with van der Waals surface area (Å²) in [5, 5.41) is 0. The summed E-state index contributed by atoms with van der Waals surface area (Å²) >= 11 is 2.39. The van der Waals surface area contributed by atoms with Gasteiger partial charge < -0.3 is 4.74 Å². The van der Waals surface area contributed by atoms with E-state index in [0.717, 1.165) is 13.2 Å². The van der Waals surface area contributed by atoms with E-state index in [4.69, 9.17) is 4.74 Å². The first-order valence-electron chi connectivity index (χ1n) is 5.55. The van der Waals surface area contributed by atoms with Crippen LogP contribution < -0.4 is 0 Å². The highest BCUT2D eigenvalue weighted by Gasteiger charge is 1.90. The zero-order chi connectivity index (χ0) is 9.78. The van der Waals surface area contributed by atoms with E-state index in [1.54, 1.807) is 0 Å². The summed E-state index contributed by atoms with van der Waals surface area (Å²) in [5.74, 6) is 0. The van der Waals surface area contributed by atoms with E-state index in [1.165, 1.54) is 49.4 Å². The second-order valence-corrected chi connectivity index (χ2v) is 4.50.